The Morgan fingerprint density at radius 3 is 2.45 bits per heavy atom. The lowest BCUT2D eigenvalue weighted by molar-refractivity contribution is -0.140. The molecule has 1 aromatic carbocycles. The van der Waals surface area contributed by atoms with E-state index in [0.717, 1.165) is 12.0 Å². The van der Waals surface area contributed by atoms with Gasteiger partial charge in [0.25, 0.3) is 0 Å². The quantitative estimate of drug-likeness (QED) is 0.687. The standard InChI is InChI=1S/C14H21NO4S/c1-3-4-10-20(17,18)15(12-14(16)19-2)11-13-8-6-5-7-9-13/h5-9H,3-4,10-12H2,1-2H3. The van der Waals surface area contributed by atoms with Crippen molar-refractivity contribution >= 4 is 16.0 Å². The van der Waals surface area contributed by atoms with E-state index in [-0.39, 0.29) is 18.8 Å². The summed E-state index contributed by atoms with van der Waals surface area (Å²) in [5.41, 5.74) is 0.844. The first kappa shape index (κ1) is 16.7. The van der Waals surface area contributed by atoms with Crippen LogP contribution >= 0.6 is 0 Å². The molecule has 0 amide bonds. The number of benzene rings is 1. The van der Waals surface area contributed by atoms with E-state index in [1.165, 1.54) is 11.4 Å². The van der Waals surface area contributed by atoms with Crippen LogP contribution in [0.5, 0.6) is 0 Å². The zero-order valence-corrected chi connectivity index (χ0v) is 12.7. The van der Waals surface area contributed by atoms with Crippen molar-refractivity contribution in [1.82, 2.24) is 4.31 Å². The lowest BCUT2D eigenvalue weighted by Gasteiger charge is -2.21. The largest absolute Gasteiger partial charge is 0.468 e. The predicted octanol–water partition coefficient (Wildman–Crippen LogP) is 1.79. The topological polar surface area (TPSA) is 63.7 Å². The van der Waals surface area contributed by atoms with Gasteiger partial charge in [0.2, 0.25) is 10.0 Å². The van der Waals surface area contributed by atoms with Gasteiger partial charge >= 0.3 is 5.97 Å². The van der Waals surface area contributed by atoms with Crippen LogP contribution in [0.2, 0.25) is 0 Å². The molecule has 0 aliphatic carbocycles. The first-order valence-electron chi connectivity index (χ1n) is 6.58. The SMILES string of the molecule is CCCCS(=O)(=O)N(CC(=O)OC)Cc1ccccc1. The summed E-state index contributed by atoms with van der Waals surface area (Å²) in [5, 5.41) is 0. The molecule has 0 unspecified atom stereocenters. The molecule has 5 nitrogen and oxygen atoms in total. The normalized spacial score (nSPS) is 11.6. The van der Waals surface area contributed by atoms with Gasteiger partial charge in [-0.2, -0.15) is 4.31 Å². The number of hydrogen-bond acceptors (Lipinski definition) is 4. The van der Waals surface area contributed by atoms with Gasteiger partial charge in [-0.1, -0.05) is 43.7 Å². The maximum absolute atomic E-state index is 12.3. The predicted molar refractivity (Wildman–Crippen MR) is 77.6 cm³/mol. The average Bonchev–Trinajstić information content (AvgIpc) is 2.45. The molecular formula is C14H21NO4S. The number of hydrogen-bond donors (Lipinski definition) is 0. The number of carbonyl (C=O) groups excluding carboxylic acids is 1. The van der Waals surface area contributed by atoms with E-state index in [0.29, 0.717) is 6.42 Å². The Morgan fingerprint density at radius 1 is 1.25 bits per heavy atom. The molecule has 0 N–H and O–H groups in total. The van der Waals surface area contributed by atoms with Gasteiger partial charge in [-0.15, -0.1) is 0 Å². The van der Waals surface area contributed by atoms with Crippen LogP contribution in [0.1, 0.15) is 25.3 Å². The lowest BCUT2D eigenvalue weighted by Crippen LogP contribution is -2.37. The van der Waals surface area contributed by atoms with Crippen molar-refractivity contribution in [2.45, 2.75) is 26.3 Å². The van der Waals surface area contributed by atoms with E-state index in [1.807, 2.05) is 37.3 Å². The molecule has 20 heavy (non-hydrogen) atoms. The third-order valence-electron chi connectivity index (χ3n) is 2.88. The van der Waals surface area contributed by atoms with Gasteiger partial charge in [-0.25, -0.2) is 8.42 Å². The van der Waals surface area contributed by atoms with Crippen LogP contribution in [0.3, 0.4) is 0 Å². The minimum absolute atomic E-state index is 0.0489. The van der Waals surface area contributed by atoms with E-state index in [1.54, 1.807) is 0 Å². The lowest BCUT2D eigenvalue weighted by atomic mass is 10.2. The van der Waals surface area contributed by atoms with E-state index >= 15 is 0 Å². The number of esters is 1. The van der Waals surface area contributed by atoms with Gasteiger partial charge in [-0.05, 0) is 12.0 Å². The van der Waals surface area contributed by atoms with Crippen molar-refractivity contribution in [3.05, 3.63) is 35.9 Å². The number of carbonyl (C=O) groups is 1. The number of sulfonamides is 1. The second-order valence-corrected chi connectivity index (χ2v) is 6.59. The molecule has 112 valence electrons. The number of unbranched alkanes of at least 4 members (excludes halogenated alkanes) is 1. The summed E-state index contributed by atoms with van der Waals surface area (Å²) in [6.07, 6.45) is 1.37. The monoisotopic (exact) mass is 299 g/mol. The van der Waals surface area contributed by atoms with Gasteiger partial charge in [0, 0.05) is 6.54 Å². The minimum atomic E-state index is -3.46. The van der Waals surface area contributed by atoms with Crippen LogP contribution in [-0.4, -0.2) is 38.1 Å². The molecule has 0 aromatic heterocycles. The molecule has 0 aliphatic rings. The Hall–Kier alpha value is -1.40. The molecular weight excluding hydrogens is 278 g/mol. The molecule has 0 atom stereocenters. The summed E-state index contributed by atoms with van der Waals surface area (Å²) in [4.78, 5) is 11.4. The van der Waals surface area contributed by atoms with Gasteiger partial charge in [0.05, 0.1) is 12.9 Å². The Balaban J connectivity index is 2.87. The summed E-state index contributed by atoms with van der Waals surface area (Å²) in [6.45, 7) is 1.86. The molecule has 0 fully saturated rings. The Labute approximate surface area is 120 Å². The van der Waals surface area contributed by atoms with Crippen molar-refractivity contribution in [2.75, 3.05) is 19.4 Å². The van der Waals surface area contributed by atoms with Crippen LogP contribution in [0.15, 0.2) is 30.3 Å². The van der Waals surface area contributed by atoms with Crippen molar-refractivity contribution in [1.29, 1.82) is 0 Å². The third-order valence-corrected chi connectivity index (χ3v) is 4.73. The highest BCUT2D eigenvalue weighted by Gasteiger charge is 2.24. The third kappa shape index (κ3) is 5.30. The fourth-order valence-corrected chi connectivity index (χ4v) is 3.26. The highest BCUT2D eigenvalue weighted by Crippen LogP contribution is 2.11. The molecule has 0 heterocycles. The van der Waals surface area contributed by atoms with Crippen molar-refractivity contribution in [3.8, 4) is 0 Å². The van der Waals surface area contributed by atoms with Crippen LogP contribution in [0.25, 0.3) is 0 Å². The second kappa shape index (κ2) is 8.01. The number of methoxy groups -OCH3 is 1. The number of nitrogens with zero attached hydrogens (tertiary/aromatic N) is 1. The maximum Gasteiger partial charge on any atom is 0.321 e. The highest BCUT2D eigenvalue weighted by atomic mass is 32.2. The Bertz CT molecular complexity index is 513. The zero-order chi connectivity index (χ0) is 15.0. The first-order chi connectivity index (χ1) is 9.49. The minimum Gasteiger partial charge on any atom is -0.468 e. The Morgan fingerprint density at radius 2 is 1.90 bits per heavy atom. The fourth-order valence-electron chi connectivity index (χ4n) is 1.70. The number of ether oxygens (including phenoxy) is 1. The van der Waals surface area contributed by atoms with Crippen molar-refractivity contribution in [3.63, 3.8) is 0 Å². The molecule has 0 radical (unpaired) electrons. The van der Waals surface area contributed by atoms with E-state index in [2.05, 4.69) is 4.74 Å². The van der Waals surface area contributed by atoms with Crippen LogP contribution < -0.4 is 0 Å². The summed E-state index contributed by atoms with van der Waals surface area (Å²) >= 11 is 0. The van der Waals surface area contributed by atoms with Gasteiger partial charge in [-0.3, -0.25) is 4.79 Å². The highest BCUT2D eigenvalue weighted by molar-refractivity contribution is 7.89. The summed E-state index contributed by atoms with van der Waals surface area (Å²) in [5.74, 6) is -0.506. The maximum atomic E-state index is 12.3. The fraction of sp³-hybridized carbons (Fsp3) is 0.500. The number of rotatable bonds is 8. The summed E-state index contributed by atoms with van der Waals surface area (Å²) in [7, 11) is -2.20. The van der Waals surface area contributed by atoms with Gasteiger partial charge < -0.3 is 4.74 Å². The van der Waals surface area contributed by atoms with E-state index in [4.69, 9.17) is 0 Å². The van der Waals surface area contributed by atoms with Crippen molar-refractivity contribution < 1.29 is 17.9 Å². The van der Waals surface area contributed by atoms with E-state index in [9.17, 15) is 13.2 Å². The molecule has 6 heteroatoms. The molecule has 0 bridgehead atoms. The average molecular weight is 299 g/mol. The molecule has 0 aliphatic heterocycles. The van der Waals surface area contributed by atoms with Gasteiger partial charge in [0.15, 0.2) is 0 Å². The van der Waals surface area contributed by atoms with Gasteiger partial charge in [0.1, 0.15) is 6.54 Å². The van der Waals surface area contributed by atoms with Crippen molar-refractivity contribution in [2.24, 2.45) is 0 Å². The zero-order valence-electron chi connectivity index (χ0n) is 11.9. The smallest absolute Gasteiger partial charge is 0.321 e. The van der Waals surface area contributed by atoms with Crippen LogP contribution in [0, 0.1) is 0 Å². The summed E-state index contributed by atoms with van der Waals surface area (Å²) < 4.78 is 30.3. The second-order valence-electron chi connectivity index (χ2n) is 4.50. The molecule has 0 saturated heterocycles. The summed E-state index contributed by atoms with van der Waals surface area (Å²) in [6, 6.07) is 9.20. The molecule has 1 rings (SSSR count). The molecule has 0 spiro atoms. The van der Waals surface area contributed by atoms with E-state index < -0.39 is 16.0 Å². The first-order valence-corrected chi connectivity index (χ1v) is 8.19. The van der Waals surface area contributed by atoms with Crippen LogP contribution in [0.4, 0.5) is 0 Å². The Kier molecular flexibility index (Phi) is 6.67. The van der Waals surface area contributed by atoms with Crippen LogP contribution in [-0.2, 0) is 26.1 Å². The molecule has 1 aromatic rings. The molecule has 0 saturated carbocycles.